The lowest BCUT2D eigenvalue weighted by atomic mass is 10.1. The van der Waals surface area contributed by atoms with Crippen molar-refractivity contribution in [2.24, 2.45) is 0 Å². The first-order valence-corrected chi connectivity index (χ1v) is 18.4. The van der Waals surface area contributed by atoms with Gasteiger partial charge in [-0.2, -0.15) is 0 Å². The van der Waals surface area contributed by atoms with Crippen LogP contribution in [0.1, 0.15) is 33.7 Å². The molecule has 0 saturated carbocycles. The third-order valence-corrected chi connectivity index (χ3v) is 9.81. The van der Waals surface area contributed by atoms with Crippen molar-refractivity contribution < 1.29 is 19.1 Å². The topological polar surface area (TPSA) is 109 Å². The molecule has 11 heteroatoms. The van der Waals surface area contributed by atoms with E-state index in [2.05, 4.69) is 20.9 Å². The van der Waals surface area contributed by atoms with Gasteiger partial charge in [-0.15, -0.1) is 23.1 Å². The molecule has 3 amide bonds. The Morgan fingerprint density at radius 3 is 2.31 bits per heavy atom. The van der Waals surface area contributed by atoms with Gasteiger partial charge >= 0.3 is 0 Å². The molecule has 0 bridgehead atoms. The van der Waals surface area contributed by atoms with Crippen LogP contribution in [-0.2, 0) is 9.59 Å². The molecule has 0 saturated heterocycles. The van der Waals surface area contributed by atoms with E-state index in [4.69, 9.17) is 16.3 Å². The second-order valence-electron chi connectivity index (χ2n) is 11.3. The molecule has 0 aliphatic rings. The SMILES string of the molecule is CCOc1ccc(-c2csc(NC(=O)C(Sc3cccc(NC(=O)/C(=C/c4cccc(Cl)c4)NC(=O)c4ccccc4)c3)c3ccccc3)n2)cc1. The average molecular weight is 745 g/mol. The summed E-state index contributed by atoms with van der Waals surface area (Å²) in [6.07, 6.45) is 1.57. The van der Waals surface area contributed by atoms with Crippen molar-refractivity contribution in [3.05, 3.63) is 166 Å². The Labute approximate surface area is 314 Å². The van der Waals surface area contributed by atoms with Gasteiger partial charge < -0.3 is 20.7 Å². The fourth-order valence-corrected chi connectivity index (χ4v) is 7.12. The van der Waals surface area contributed by atoms with E-state index in [-0.39, 0.29) is 11.6 Å². The van der Waals surface area contributed by atoms with E-state index in [9.17, 15) is 14.4 Å². The molecule has 0 aliphatic heterocycles. The summed E-state index contributed by atoms with van der Waals surface area (Å²) in [7, 11) is 0. The fourth-order valence-electron chi connectivity index (χ4n) is 5.11. The van der Waals surface area contributed by atoms with Gasteiger partial charge in [-0.05, 0) is 90.9 Å². The maximum Gasteiger partial charge on any atom is 0.272 e. The van der Waals surface area contributed by atoms with Crippen molar-refractivity contribution in [1.82, 2.24) is 10.3 Å². The summed E-state index contributed by atoms with van der Waals surface area (Å²) < 4.78 is 5.54. The molecule has 0 radical (unpaired) electrons. The number of rotatable bonds is 13. The first kappa shape index (κ1) is 36.1. The molecule has 1 unspecified atom stereocenters. The minimum Gasteiger partial charge on any atom is -0.494 e. The first-order chi connectivity index (χ1) is 25.3. The number of nitrogens with one attached hydrogen (secondary N) is 3. The number of anilines is 2. The van der Waals surface area contributed by atoms with E-state index in [0.717, 1.165) is 27.5 Å². The Morgan fingerprint density at radius 2 is 1.58 bits per heavy atom. The van der Waals surface area contributed by atoms with Crippen LogP contribution in [0.25, 0.3) is 17.3 Å². The lowest BCUT2D eigenvalue weighted by Crippen LogP contribution is -2.30. The lowest BCUT2D eigenvalue weighted by molar-refractivity contribution is -0.116. The van der Waals surface area contributed by atoms with Gasteiger partial charge in [0.2, 0.25) is 5.91 Å². The Morgan fingerprint density at radius 1 is 0.846 bits per heavy atom. The van der Waals surface area contributed by atoms with Gasteiger partial charge in [0.1, 0.15) is 16.7 Å². The molecule has 52 heavy (non-hydrogen) atoms. The molecule has 0 fully saturated rings. The van der Waals surface area contributed by atoms with Crippen LogP contribution in [0.4, 0.5) is 10.8 Å². The summed E-state index contributed by atoms with van der Waals surface area (Å²) in [6, 6.07) is 39.9. The maximum absolute atomic E-state index is 13.8. The van der Waals surface area contributed by atoms with Crippen molar-refractivity contribution in [1.29, 1.82) is 0 Å². The van der Waals surface area contributed by atoms with E-state index in [1.165, 1.54) is 23.1 Å². The van der Waals surface area contributed by atoms with Crippen molar-refractivity contribution >= 4 is 69.3 Å². The third-order valence-electron chi connectivity index (χ3n) is 7.57. The number of ether oxygens (including phenoxy) is 1. The molecule has 3 N–H and O–H groups in total. The third kappa shape index (κ3) is 9.76. The van der Waals surface area contributed by atoms with Crippen LogP contribution in [0, 0.1) is 0 Å². The molecule has 6 rings (SSSR count). The number of nitrogens with zero attached hydrogens (tertiary/aromatic N) is 1. The summed E-state index contributed by atoms with van der Waals surface area (Å²) in [5.41, 5.74) is 4.02. The Hall–Kier alpha value is -5.68. The molecule has 0 aliphatic carbocycles. The number of carbonyl (C=O) groups is 3. The minimum atomic E-state index is -0.631. The van der Waals surface area contributed by atoms with Gasteiger partial charge in [-0.25, -0.2) is 4.98 Å². The Kier molecular flexibility index (Phi) is 12.2. The summed E-state index contributed by atoms with van der Waals surface area (Å²) in [6.45, 7) is 2.52. The van der Waals surface area contributed by atoms with Crippen LogP contribution in [0.5, 0.6) is 5.75 Å². The number of hydrogen-bond acceptors (Lipinski definition) is 7. The van der Waals surface area contributed by atoms with Gasteiger partial charge in [0.15, 0.2) is 5.13 Å². The molecule has 8 nitrogen and oxygen atoms in total. The predicted octanol–water partition coefficient (Wildman–Crippen LogP) is 9.74. The molecule has 6 aromatic rings. The Balaban J connectivity index is 1.19. The van der Waals surface area contributed by atoms with Crippen LogP contribution in [0.3, 0.4) is 0 Å². The van der Waals surface area contributed by atoms with Gasteiger partial charge in [0.25, 0.3) is 11.8 Å². The highest BCUT2D eigenvalue weighted by Gasteiger charge is 2.24. The predicted molar refractivity (Wildman–Crippen MR) is 211 cm³/mol. The highest BCUT2D eigenvalue weighted by Crippen LogP contribution is 2.38. The molecule has 0 spiro atoms. The number of thiazole rings is 1. The van der Waals surface area contributed by atoms with E-state index < -0.39 is 17.1 Å². The van der Waals surface area contributed by atoms with Crippen LogP contribution in [-0.4, -0.2) is 29.3 Å². The highest BCUT2D eigenvalue weighted by molar-refractivity contribution is 8.00. The van der Waals surface area contributed by atoms with Crippen molar-refractivity contribution in [2.45, 2.75) is 17.1 Å². The molecular formula is C41H33ClN4O4S2. The van der Waals surface area contributed by atoms with E-state index >= 15 is 0 Å². The number of thioether (sulfide) groups is 1. The molecule has 1 heterocycles. The van der Waals surface area contributed by atoms with E-state index in [0.29, 0.717) is 33.6 Å². The molecule has 1 atom stereocenters. The molecular weight excluding hydrogens is 712 g/mol. The highest BCUT2D eigenvalue weighted by atomic mass is 35.5. The Bertz CT molecular complexity index is 2190. The lowest BCUT2D eigenvalue weighted by Gasteiger charge is -2.17. The first-order valence-electron chi connectivity index (χ1n) is 16.3. The standard InChI is InChI=1S/C41H33ClN4O4S2/c1-2-50-33-21-19-28(20-22-33)36-26-51-41(45-36)46-40(49)37(29-12-5-3-6-13-29)52-34-18-10-17-32(25-34)43-39(48)35(24-27-11-9-16-31(42)23-27)44-38(47)30-14-7-4-8-15-30/h3-26,37H,2H2,1H3,(H,43,48)(H,44,47)(H,45,46,49)/b35-24-. The average Bonchev–Trinajstić information content (AvgIpc) is 3.63. The number of aromatic nitrogens is 1. The summed E-state index contributed by atoms with van der Waals surface area (Å²) in [5.74, 6) is -0.424. The number of halogens is 1. The van der Waals surface area contributed by atoms with Gasteiger partial charge in [-0.1, -0.05) is 78.3 Å². The van der Waals surface area contributed by atoms with E-state index in [1.54, 1.807) is 72.8 Å². The number of hydrogen-bond donors (Lipinski definition) is 3. The van der Waals surface area contributed by atoms with Gasteiger partial charge in [0, 0.05) is 32.1 Å². The number of benzene rings is 5. The van der Waals surface area contributed by atoms with Crippen LogP contribution < -0.4 is 20.7 Å². The summed E-state index contributed by atoms with van der Waals surface area (Å²) in [4.78, 5) is 46.0. The quantitative estimate of drug-likeness (QED) is 0.0803. The van der Waals surface area contributed by atoms with E-state index in [1.807, 2.05) is 79.0 Å². The summed E-state index contributed by atoms with van der Waals surface area (Å²) in [5, 5.41) is 10.9. The van der Waals surface area contributed by atoms with Crippen LogP contribution >= 0.6 is 34.7 Å². The number of amides is 3. The molecule has 5 aromatic carbocycles. The van der Waals surface area contributed by atoms with Crippen molar-refractivity contribution in [3.63, 3.8) is 0 Å². The van der Waals surface area contributed by atoms with Crippen molar-refractivity contribution in [2.75, 3.05) is 17.2 Å². The van der Waals surface area contributed by atoms with Gasteiger partial charge in [0.05, 0.1) is 12.3 Å². The zero-order valence-corrected chi connectivity index (χ0v) is 30.3. The second kappa shape index (κ2) is 17.5. The smallest absolute Gasteiger partial charge is 0.272 e. The normalized spacial score (nSPS) is 11.7. The zero-order valence-electron chi connectivity index (χ0n) is 27.9. The minimum absolute atomic E-state index is 0.0313. The monoisotopic (exact) mass is 744 g/mol. The van der Waals surface area contributed by atoms with Crippen LogP contribution in [0.15, 0.2) is 149 Å². The second-order valence-corrected chi connectivity index (χ2v) is 13.8. The number of carbonyl (C=O) groups excluding carboxylic acids is 3. The molecule has 1 aromatic heterocycles. The fraction of sp³-hybridized carbons (Fsp3) is 0.0732. The zero-order chi connectivity index (χ0) is 36.3. The van der Waals surface area contributed by atoms with Crippen LogP contribution in [0.2, 0.25) is 5.02 Å². The summed E-state index contributed by atoms with van der Waals surface area (Å²) >= 11 is 8.88. The maximum atomic E-state index is 13.8. The molecule has 260 valence electrons. The van der Waals surface area contributed by atoms with Crippen molar-refractivity contribution in [3.8, 4) is 17.0 Å². The largest absolute Gasteiger partial charge is 0.494 e. The van der Waals surface area contributed by atoms with Gasteiger partial charge in [-0.3, -0.25) is 14.4 Å².